The molecule has 0 fully saturated rings. The quantitative estimate of drug-likeness (QED) is 0.203. The van der Waals surface area contributed by atoms with Gasteiger partial charge in [-0.15, -0.1) is 0 Å². The fraction of sp³-hybridized carbons (Fsp3) is 0.280. The second-order valence-corrected chi connectivity index (χ2v) is 11.0. The monoisotopic (exact) mass is 542 g/mol. The van der Waals surface area contributed by atoms with Crippen molar-refractivity contribution in [2.24, 2.45) is 0 Å². The van der Waals surface area contributed by atoms with E-state index in [4.69, 9.17) is 14.2 Å². The molecule has 0 aliphatic carbocycles. The Morgan fingerprint density at radius 3 is 2.43 bits per heavy atom. The summed E-state index contributed by atoms with van der Waals surface area (Å²) in [7, 11) is -2.07. The highest BCUT2D eigenvalue weighted by atomic mass is 32.2. The molecule has 0 unspecified atom stereocenters. The summed E-state index contributed by atoms with van der Waals surface area (Å²) in [4.78, 5) is 16.4. The number of nitriles is 1. The van der Waals surface area contributed by atoms with E-state index in [-0.39, 0.29) is 15.9 Å². The van der Waals surface area contributed by atoms with Crippen LogP contribution in [0, 0.1) is 11.3 Å². The zero-order valence-electron chi connectivity index (χ0n) is 20.5. The van der Waals surface area contributed by atoms with Crippen LogP contribution in [-0.4, -0.2) is 49.3 Å². The number of methoxy groups -OCH3 is 1. The number of benzene rings is 2. The van der Waals surface area contributed by atoms with Crippen LogP contribution in [0.1, 0.15) is 25.8 Å². The number of anilines is 1. The van der Waals surface area contributed by atoms with Gasteiger partial charge in [-0.2, -0.15) is 14.6 Å². The molecule has 0 aliphatic heterocycles. The lowest BCUT2D eigenvalue weighted by Gasteiger charge is -2.11. The molecule has 37 heavy (non-hydrogen) atoms. The molecule has 194 valence electrons. The van der Waals surface area contributed by atoms with Crippen LogP contribution in [0.2, 0.25) is 0 Å². The molecule has 0 radical (unpaired) electrons. The molecule has 3 rings (SSSR count). The maximum absolute atomic E-state index is 12.5. The van der Waals surface area contributed by atoms with Gasteiger partial charge in [0.2, 0.25) is 15.0 Å². The first-order valence-corrected chi connectivity index (χ1v) is 13.6. The predicted molar refractivity (Wildman–Crippen MR) is 139 cm³/mol. The highest BCUT2D eigenvalue weighted by molar-refractivity contribution is 7.91. The number of sulfone groups is 1. The number of para-hydroxylation sites is 2. The zero-order chi connectivity index (χ0) is 26.8. The number of hydrogen-bond donors (Lipinski definition) is 1. The lowest BCUT2D eigenvalue weighted by atomic mass is 10.1. The molecule has 0 saturated heterocycles. The number of carbonyl (C=O) groups excluding carboxylic acids is 1. The highest BCUT2D eigenvalue weighted by Gasteiger charge is 2.25. The van der Waals surface area contributed by atoms with Gasteiger partial charge < -0.3 is 14.2 Å². The molecule has 0 atom stereocenters. The van der Waals surface area contributed by atoms with Crippen molar-refractivity contribution in [2.45, 2.75) is 30.7 Å². The number of carbonyl (C=O) groups is 1. The number of ether oxygens (including phenoxy) is 3. The van der Waals surface area contributed by atoms with Gasteiger partial charge in [-0.1, -0.05) is 24.3 Å². The number of amides is 1. The minimum absolute atomic E-state index is 0.0104. The molecule has 1 heterocycles. The number of hydrogen-bond acceptors (Lipinski definition) is 10. The summed E-state index contributed by atoms with van der Waals surface area (Å²) in [6.45, 7) is 3.92. The van der Waals surface area contributed by atoms with Crippen LogP contribution < -0.4 is 19.5 Å². The summed E-state index contributed by atoms with van der Waals surface area (Å²) in [5.41, 5.74) is 0.435. The van der Waals surface area contributed by atoms with Crippen molar-refractivity contribution >= 4 is 38.5 Å². The Labute approximate surface area is 219 Å². The third-order valence-corrected chi connectivity index (χ3v) is 7.62. The first-order chi connectivity index (χ1) is 17.7. The zero-order valence-corrected chi connectivity index (χ0v) is 22.1. The summed E-state index contributed by atoms with van der Waals surface area (Å²) in [6, 6.07) is 16.1. The third-order valence-electron chi connectivity index (χ3n) is 4.94. The molecular weight excluding hydrogens is 516 g/mol. The minimum atomic E-state index is -3.66. The molecule has 0 spiro atoms. The van der Waals surface area contributed by atoms with Crippen molar-refractivity contribution in [3.63, 3.8) is 0 Å². The molecule has 2 aromatic carbocycles. The third kappa shape index (κ3) is 7.52. The van der Waals surface area contributed by atoms with E-state index in [9.17, 15) is 18.5 Å². The summed E-state index contributed by atoms with van der Waals surface area (Å²) in [5, 5.41) is 10.8. The summed E-state index contributed by atoms with van der Waals surface area (Å²) in [6.07, 6.45) is 2.07. The number of aromatic nitrogens is 2. The van der Waals surface area contributed by atoms with Gasteiger partial charge in [-0.3, -0.25) is 10.1 Å². The second-order valence-electron chi connectivity index (χ2n) is 7.87. The Kier molecular flexibility index (Phi) is 9.59. The molecule has 1 N–H and O–H groups in total. The van der Waals surface area contributed by atoms with Gasteiger partial charge in [0.05, 0.1) is 25.6 Å². The van der Waals surface area contributed by atoms with Crippen molar-refractivity contribution in [3.8, 4) is 23.3 Å². The molecule has 0 saturated carbocycles. The fourth-order valence-electron chi connectivity index (χ4n) is 2.90. The first kappa shape index (κ1) is 27.6. The average molecular weight is 543 g/mol. The van der Waals surface area contributed by atoms with Crippen LogP contribution in [0.5, 0.6) is 17.2 Å². The van der Waals surface area contributed by atoms with Crippen molar-refractivity contribution < 1.29 is 27.4 Å². The van der Waals surface area contributed by atoms with Crippen LogP contribution in [0.3, 0.4) is 0 Å². The second kappa shape index (κ2) is 12.8. The van der Waals surface area contributed by atoms with Crippen molar-refractivity contribution in [1.82, 2.24) is 9.36 Å². The molecular formula is C25H26N4O6S2. The standard InChI is InChI=1S/C25H26N4O6S2/c1-17(2)37(31,32)25-28-24(36-29-25)27-23(30)19(16-26)15-18-9-11-20(12-10-18)34-13-6-14-35-22-8-5-4-7-21(22)33-3/h4-5,7-12,15,17H,6,13-14H2,1-3H3,(H,27,28,29,30)/b19-15-. The Morgan fingerprint density at radius 1 is 1.11 bits per heavy atom. The van der Waals surface area contributed by atoms with Gasteiger partial charge in [-0.05, 0) is 49.8 Å². The highest BCUT2D eigenvalue weighted by Crippen LogP contribution is 2.26. The van der Waals surface area contributed by atoms with Crippen LogP contribution in [-0.2, 0) is 14.6 Å². The SMILES string of the molecule is COc1ccccc1OCCCOc1ccc(/C=C(/C#N)C(=O)Nc2nc(S(=O)(=O)C(C)C)ns2)cc1. The fourth-order valence-corrected chi connectivity index (χ4v) is 4.59. The van der Waals surface area contributed by atoms with Crippen LogP contribution >= 0.6 is 11.5 Å². The largest absolute Gasteiger partial charge is 0.493 e. The van der Waals surface area contributed by atoms with Gasteiger partial charge in [0.25, 0.3) is 11.1 Å². The molecule has 10 nitrogen and oxygen atoms in total. The topological polar surface area (TPSA) is 140 Å². The van der Waals surface area contributed by atoms with E-state index < -0.39 is 21.0 Å². The Morgan fingerprint density at radius 2 is 1.78 bits per heavy atom. The normalized spacial score (nSPS) is 11.6. The van der Waals surface area contributed by atoms with E-state index in [2.05, 4.69) is 14.7 Å². The molecule has 12 heteroatoms. The number of rotatable bonds is 12. The Bertz CT molecular complexity index is 1390. The van der Waals surface area contributed by atoms with Crippen molar-refractivity contribution in [1.29, 1.82) is 5.26 Å². The van der Waals surface area contributed by atoms with E-state index >= 15 is 0 Å². The maximum Gasteiger partial charge on any atom is 0.268 e. The average Bonchev–Trinajstić information content (AvgIpc) is 3.37. The van der Waals surface area contributed by atoms with E-state index in [0.717, 1.165) is 11.5 Å². The van der Waals surface area contributed by atoms with E-state index in [0.29, 0.717) is 42.4 Å². The first-order valence-electron chi connectivity index (χ1n) is 11.2. The lowest BCUT2D eigenvalue weighted by molar-refractivity contribution is -0.112. The van der Waals surface area contributed by atoms with Gasteiger partial charge in [0, 0.05) is 18.0 Å². The van der Waals surface area contributed by atoms with Gasteiger partial charge in [0.15, 0.2) is 11.5 Å². The molecule has 1 aromatic heterocycles. The summed E-state index contributed by atoms with van der Waals surface area (Å²) < 4.78 is 44.8. The van der Waals surface area contributed by atoms with Gasteiger partial charge in [0.1, 0.15) is 17.4 Å². The minimum Gasteiger partial charge on any atom is -0.493 e. The maximum atomic E-state index is 12.5. The smallest absolute Gasteiger partial charge is 0.268 e. The summed E-state index contributed by atoms with van der Waals surface area (Å²) in [5.74, 6) is 1.25. The molecule has 1 amide bonds. The van der Waals surface area contributed by atoms with Gasteiger partial charge >= 0.3 is 0 Å². The van der Waals surface area contributed by atoms with Crippen LogP contribution in [0.4, 0.5) is 5.13 Å². The molecule has 3 aromatic rings. The van der Waals surface area contributed by atoms with Crippen LogP contribution in [0.25, 0.3) is 6.08 Å². The van der Waals surface area contributed by atoms with Crippen molar-refractivity contribution in [2.75, 3.05) is 25.6 Å². The van der Waals surface area contributed by atoms with E-state index in [1.807, 2.05) is 30.3 Å². The lowest BCUT2D eigenvalue weighted by Crippen LogP contribution is -2.16. The number of nitrogens with one attached hydrogen (secondary N) is 1. The van der Waals surface area contributed by atoms with E-state index in [1.165, 1.54) is 19.9 Å². The predicted octanol–water partition coefficient (Wildman–Crippen LogP) is 4.12. The van der Waals surface area contributed by atoms with E-state index in [1.54, 1.807) is 31.4 Å². The molecule has 0 aliphatic rings. The van der Waals surface area contributed by atoms with Crippen molar-refractivity contribution in [3.05, 3.63) is 59.7 Å². The van der Waals surface area contributed by atoms with Gasteiger partial charge in [-0.25, -0.2) is 8.42 Å². The number of nitrogens with zero attached hydrogens (tertiary/aromatic N) is 3. The Balaban J connectivity index is 1.52. The molecule has 0 bridgehead atoms. The Hall–Kier alpha value is -3.95. The van der Waals surface area contributed by atoms with Crippen LogP contribution in [0.15, 0.2) is 59.3 Å². The summed E-state index contributed by atoms with van der Waals surface area (Å²) >= 11 is 0.729.